The third-order valence-electron chi connectivity index (χ3n) is 3.56. The summed E-state index contributed by atoms with van der Waals surface area (Å²) in [7, 11) is -5.80. The second kappa shape index (κ2) is 5.78. The Morgan fingerprint density at radius 3 is 2.63 bits per heavy atom. The molecule has 0 bridgehead atoms. The molecule has 0 aliphatic carbocycles. The number of rotatable bonds is 5. The number of hydrogen-bond donors (Lipinski definition) is 0. The minimum atomic E-state index is -3.41. The van der Waals surface area contributed by atoms with Gasteiger partial charge in [-0.05, 0) is 19.3 Å². The third kappa shape index (κ3) is 3.68. The van der Waals surface area contributed by atoms with Crippen LogP contribution in [0.25, 0.3) is 0 Å². The Morgan fingerprint density at radius 2 is 2.00 bits per heavy atom. The molecule has 4 nitrogen and oxygen atoms in total. The fourth-order valence-corrected chi connectivity index (χ4v) is 6.56. The van der Waals surface area contributed by atoms with Crippen molar-refractivity contribution in [1.82, 2.24) is 0 Å². The molecule has 0 spiro atoms. The van der Waals surface area contributed by atoms with Crippen molar-refractivity contribution in [3.8, 4) is 0 Å². The van der Waals surface area contributed by atoms with Crippen molar-refractivity contribution in [1.29, 1.82) is 0 Å². The van der Waals surface area contributed by atoms with Gasteiger partial charge in [-0.2, -0.15) is 8.42 Å². The van der Waals surface area contributed by atoms with Gasteiger partial charge in [0.15, 0.2) is 0 Å². The SMILES string of the molecule is CS(=O)(=O)OCC[C@H]1CCC[P@]1(=O)c1ccccc1. The molecule has 0 amide bonds. The van der Waals surface area contributed by atoms with Crippen LogP contribution < -0.4 is 5.30 Å². The van der Waals surface area contributed by atoms with Crippen molar-refractivity contribution in [2.24, 2.45) is 0 Å². The van der Waals surface area contributed by atoms with Crippen molar-refractivity contribution in [2.75, 3.05) is 19.0 Å². The number of hydrogen-bond acceptors (Lipinski definition) is 4. The lowest BCUT2D eigenvalue weighted by Gasteiger charge is -2.20. The van der Waals surface area contributed by atoms with Gasteiger partial charge in [0.05, 0.1) is 12.9 Å². The van der Waals surface area contributed by atoms with Crippen molar-refractivity contribution >= 4 is 22.6 Å². The molecule has 2 rings (SSSR count). The summed E-state index contributed by atoms with van der Waals surface area (Å²) in [5.41, 5.74) is 0.0525. The van der Waals surface area contributed by atoms with Crippen molar-refractivity contribution in [3.05, 3.63) is 30.3 Å². The van der Waals surface area contributed by atoms with E-state index in [0.717, 1.165) is 30.6 Å². The van der Waals surface area contributed by atoms with Gasteiger partial charge in [-0.3, -0.25) is 4.18 Å². The summed E-state index contributed by atoms with van der Waals surface area (Å²) in [6.45, 7) is 0.125. The first kappa shape index (κ1) is 14.8. The van der Waals surface area contributed by atoms with Gasteiger partial charge in [0, 0.05) is 17.1 Å². The Labute approximate surface area is 114 Å². The molecule has 1 heterocycles. The van der Waals surface area contributed by atoms with Crippen molar-refractivity contribution < 1.29 is 17.2 Å². The lowest BCUT2D eigenvalue weighted by Crippen LogP contribution is -2.17. The van der Waals surface area contributed by atoms with Crippen LogP contribution in [0.5, 0.6) is 0 Å². The molecule has 19 heavy (non-hydrogen) atoms. The molecule has 1 aliphatic rings. The third-order valence-corrected chi connectivity index (χ3v) is 8.00. The lowest BCUT2D eigenvalue weighted by atomic mass is 10.2. The van der Waals surface area contributed by atoms with E-state index < -0.39 is 17.3 Å². The van der Waals surface area contributed by atoms with Gasteiger partial charge in [0.25, 0.3) is 10.1 Å². The average Bonchev–Trinajstić information content (AvgIpc) is 2.72. The van der Waals surface area contributed by atoms with E-state index >= 15 is 0 Å². The predicted octanol–water partition coefficient (Wildman–Crippen LogP) is 2.20. The fourth-order valence-electron chi connectivity index (χ4n) is 2.66. The van der Waals surface area contributed by atoms with E-state index in [-0.39, 0.29) is 12.3 Å². The Kier molecular flexibility index (Phi) is 4.49. The summed E-state index contributed by atoms with van der Waals surface area (Å²) >= 11 is 0. The van der Waals surface area contributed by atoms with Crippen LogP contribution in [-0.2, 0) is 18.9 Å². The van der Waals surface area contributed by atoms with Crippen molar-refractivity contribution in [3.63, 3.8) is 0 Å². The second-order valence-corrected chi connectivity index (χ2v) is 9.89. The number of benzene rings is 1. The van der Waals surface area contributed by atoms with Crippen LogP contribution in [0.4, 0.5) is 0 Å². The maximum Gasteiger partial charge on any atom is 0.264 e. The van der Waals surface area contributed by atoms with Gasteiger partial charge in [-0.25, -0.2) is 0 Å². The normalized spacial score (nSPS) is 27.5. The standard InChI is InChI=1S/C13H19O4PS/c1-19(15,16)17-10-9-13-8-5-11-18(13,14)12-6-3-2-4-7-12/h2-4,6-7,13H,5,8-11H2,1H3/t13-,18+/m1/s1. The largest absolute Gasteiger partial charge is 0.318 e. The molecule has 1 aromatic rings. The summed E-state index contributed by atoms with van der Waals surface area (Å²) in [5, 5.41) is 0.914. The first-order valence-electron chi connectivity index (χ1n) is 6.40. The molecule has 0 radical (unpaired) electrons. The monoisotopic (exact) mass is 302 g/mol. The molecule has 0 aromatic heterocycles. The van der Waals surface area contributed by atoms with Crippen LogP contribution in [0.15, 0.2) is 30.3 Å². The predicted molar refractivity (Wildman–Crippen MR) is 77.0 cm³/mol. The molecule has 0 N–H and O–H groups in total. The van der Waals surface area contributed by atoms with E-state index in [0.29, 0.717) is 6.42 Å². The highest BCUT2D eigenvalue weighted by atomic mass is 32.2. The zero-order chi connectivity index (χ0) is 13.9. The summed E-state index contributed by atoms with van der Waals surface area (Å²) in [4.78, 5) is 0. The molecule has 6 heteroatoms. The van der Waals surface area contributed by atoms with Crippen LogP contribution in [0.2, 0.25) is 0 Å². The molecular formula is C13H19O4PS. The molecule has 0 unspecified atom stereocenters. The van der Waals surface area contributed by atoms with Gasteiger partial charge in [-0.15, -0.1) is 0 Å². The highest BCUT2D eigenvalue weighted by Gasteiger charge is 2.38. The van der Waals surface area contributed by atoms with E-state index in [1.54, 1.807) is 0 Å². The topological polar surface area (TPSA) is 60.4 Å². The minimum Gasteiger partial charge on any atom is -0.318 e. The summed E-state index contributed by atoms with van der Waals surface area (Å²) < 4.78 is 39.8. The quantitative estimate of drug-likeness (QED) is 0.618. The second-order valence-electron chi connectivity index (χ2n) is 4.97. The molecule has 1 aromatic carbocycles. The van der Waals surface area contributed by atoms with E-state index in [1.807, 2.05) is 30.3 Å². The van der Waals surface area contributed by atoms with E-state index in [9.17, 15) is 13.0 Å². The summed E-state index contributed by atoms with van der Waals surface area (Å²) in [5.74, 6) is 0. The molecule has 1 fully saturated rings. The average molecular weight is 302 g/mol. The Morgan fingerprint density at radius 1 is 1.32 bits per heavy atom. The molecule has 1 saturated heterocycles. The molecule has 106 valence electrons. The zero-order valence-corrected chi connectivity index (χ0v) is 12.7. The lowest BCUT2D eigenvalue weighted by molar-refractivity contribution is 0.312. The van der Waals surface area contributed by atoms with Gasteiger partial charge in [0.1, 0.15) is 7.14 Å². The Balaban J connectivity index is 2.07. The van der Waals surface area contributed by atoms with Gasteiger partial charge in [0.2, 0.25) is 0 Å². The fraction of sp³-hybridized carbons (Fsp3) is 0.538. The first-order chi connectivity index (χ1) is 8.92. The van der Waals surface area contributed by atoms with Crippen LogP contribution >= 0.6 is 7.14 Å². The van der Waals surface area contributed by atoms with Gasteiger partial charge >= 0.3 is 0 Å². The van der Waals surface area contributed by atoms with E-state index in [4.69, 9.17) is 4.18 Å². The molecular weight excluding hydrogens is 283 g/mol. The van der Waals surface area contributed by atoms with E-state index in [2.05, 4.69) is 0 Å². The Bertz CT molecular complexity index is 568. The minimum absolute atomic E-state index is 0.0525. The van der Waals surface area contributed by atoms with Crippen LogP contribution in [0, 0.1) is 0 Å². The van der Waals surface area contributed by atoms with Gasteiger partial charge in [-0.1, -0.05) is 30.3 Å². The zero-order valence-electron chi connectivity index (χ0n) is 11.0. The van der Waals surface area contributed by atoms with Crippen LogP contribution in [0.3, 0.4) is 0 Å². The smallest absolute Gasteiger partial charge is 0.264 e. The molecule has 2 atom stereocenters. The van der Waals surface area contributed by atoms with E-state index in [1.165, 1.54) is 0 Å². The maximum atomic E-state index is 13.1. The first-order valence-corrected chi connectivity index (χ1v) is 10.2. The molecule has 1 aliphatic heterocycles. The van der Waals surface area contributed by atoms with Crippen molar-refractivity contribution in [2.45, 2.75) is 24.9 Å². The maximum absolute atomic E-state index is 13.1. The molecule has 0 saturated carbocycles. The Hall–Kier alpha value is -0.640. The highest BCUT2D eigenvalue weighted by molar-refractivity contribution is 7.86. The van der Waals surface area contributed by atoms with Gasteiger partial charge < -0.3 is 4.57 Å². The van der Waals surface area contributed by atoms with Crippen LogP contribution in [-0.4, -0.2) is 33.1 Å². The summed E-state index contributed by atoms with van der Waals surface area (Å²) in [6.07, 6.45) is 4.13. The summed E-state index contributed by atoms with van der Waals surface area (Å²) in [6, 6.07) is 9.54. The van der Waals surface area contributed by atoms with Crippen LogP contribution in [0.1, 0.15) is 19.3 Å². The highest BCUT2D eigenvalue weighted by Crippen LogP contribution is 2.58.